The van der Waals surface area contributed by atoms with E-state index < -0.39 is 24.0 Å². The van der Waals surface area contributed by atoms with Gasteiger partial charge in [-0.3, -0.25) is 4.79 Å². The van der Waals surface area contributed by atoms with Crippen LogP contribution in [0.2, 0.25) is 0 Å². The van der Waals surface area contributed by atoms with Gasteiger partial charge in [0, 0.05) is 19.0 Å². The lowest BCUT2D eigenvalue weighted by atomic mass is 10.2. The number of carbonyl (C=O) groups excluding carboxylic acids is 1. The highest BCUT2D eigenvalue weighted by Gasteiger charge is 2.28. The molecule has 1 aliphatic rings. The maximum Gasteiger partial charge on any atom is 0.352 e. The van der Waals surface area contributed by atoms with Gasteiger partial charge >= 0.3 is 17.9 Å². The lowest BCUT2D eigenvalue weighted by molar-refractivity contribution is -0.156. The van der Waals surface area contributed by atoms with Crippen molar-refractivity contribution in [3.63, 3.8) is 0 Å². The molecule has 3 N–H and O–H groups in total. The standard InChI is InChI=1S/C6H7NO2.C5H6O4/c1-4-2-3-7-5(4)6(8)9;6-4-2-1-3(9-4)5(7)8/h2-3,7H,1H3,(H,8,9);3H,1-2H2,(H,7,8)/t;3-/m.0/s1. The number of nitrogens with one attached hydrogen (secondary N) is 1. The van der Waals surface area contributed by atoms with Gasteiger partial charge in [-0.1, -0.05) is 0 Å². The molecular formula is C11H13NO6. The third kappa shape index (κ3) is 3.62. The maximum atomic E-state index is 10.3. The van der Waals surface area contributed by atoms with Gasteiger partial charge in [0.25, 0.3) is 0 Å². The monoisotopic (exact) mass is 255 g/mol. The number of carbonyl (C=O) groups is 3. The summed E-state index contributed by atoms with van der Waals surface area (Å²) < 4.78 is 4.38. The number of carboxylic acid groups (broad SMARTS) is 2. The molecule has 0 radical (unpaired) electrons. The Morgan fingerprint density at radius 3 is 2.33 bits per heavy atom. The minimum Gasteiger partial charge on any atom is -0.479 e. The van der Waals surface area contributed by atoms with Crippen molar-refractivity contribution in [2.24, 2.45) is 0 Å². The van der Waals surface area contributed by atoms with E-state index in [9.17, 15) is 14.4 Å². The number of hydrogen-bond donors (Lipinski definition) is 3. The maximum absolute atomic E-state index is 10.3. The molecule has 7 nitrogen and oxygen atoms in total. The average Bonchev–Trinajstić information content (AvgIpc) is 2.87. The Hall–Kier alpha value is -2.31. The first-order chi connectivity index (χ1) is 8.41. The molecule has 0 bridgehead atoms. The number of aromatic nitrogens is 1. The average molecular weight is 255 g/mol. The first kappa shape index (κ1) is 13.8. The molecular weight excluding hydrogens is 242 g/mol. The Morgan fingerprint density at radius 1 is 1.44 bits per heavy atom. The zero-order valence-electron chi connectivity index (χ0n) is 9.67. The van der Waals surface area contributed by atoms with Gasteiger partial charge in [0.2, 0.25) is 0 Å². The number of H-pyrrole nitrogens is 1. The minimum atomic E-state index is -1.05. The summed E-state index contributed by atoms with van der Waals surface area (Å²) in [5.74, 6) is -2.37. The molecule has 7 heteroatoms. The summed E-state index contributed by atoms with van der Waals surface area (Å²) in [5, 5.41) is 16.7. The van der Waals surface area contributed by atoms with Crippen molar-refractivity contribution in [1.82, 2.24) is 4.98 Å². The van der Waals surface area contributed by atoms with Gasteiger partial charge in [-0.2, -0.15) is 0 Å². The Bertz CT molecular complexity index is 464. The Kier molecular flexibility index (Phi) is 4.47. The third-order valence-electron chi connectivity index (χ3n) is 2.33. The number of esters is 1. The molecule has 0 unspecified atom stereocenters. The summed E-state index contributed by atoms with van der Waals surface area (Å²) in [6.07, 6.45) is 1.27. The van der Waals surface area contributed by atoms with E-state index in [0.29, 0.717) is 6.42 Å². The second kappa shape index (κ2) is 5.85. The Morgan fingerprint density at radius 2 is 2.11 bits per heavy atom. The second-order valence-corrected chi connectivity index (χ2v) is 3.70. The molecule has 18 heavy (non-hydrogen) atoms. The normalized spacial score (nSPS) is 17.6. The lowest BCUT2D eigenvalue weighted by Gasteiger charge is -1.99. The summed E-state index contributed by atoms with van der Waals surface area (Å²) in [7, 11) is 0. The number of rotatable bonds is 2. The zero-order chi connectivity index (χ0) is 13.7. The number of aromatic amines is 1. The van der Waals surface area contributed by atoms with Gasteiger partial charge in [0.15, 0.2) is 6.10 Å². The van der Waals surface area contributed by atoms with Crippen LogP contribution in [0, 0.1) is 6.92 Å². The molecule has 0 spiro atoms. The molecule has 1 aliphatic heterocycles. The number of aliphatic carboxylic acids is 1. The molecule has 1 saturated heterocycles. The highest BCUT2D eigenvalue weighted by Crippen LogP contribution is 2.12. The van der Waals surface area contributed by atoms with Crippen molar-refractivity contribution in [3.05, 3.63) is 23.5 Å². The van der Waals surface area contributed by atoms with Crippen LogP contribution in [0.4, 0.5) is 0 Å². The summed E-state index contributed by atoms with van der Waals surface area (Å²) in [6, 6.07) is 1.73. The van der Waals surface area contributed by atoms with Crippen molar-refractivity contribution >= 4 is 17.9 Å². The van der Waals surface area contributed by atoms with E-state index in [-0.39, 0.29) is 12.1 Å². The van der Waals surface area contributed by atoms with Gasteiger partial charge in [-0.05, 0) is 18.6 Å². The van der Waals surface area contributed by atoms with Crippen LogP contribution in [-0.2, 0) is 14.3 Å². The van der Waals surface area contributed by atoms with Gasteiger partial charge in [0.1, 0.15) is 5.69 Å². The van der Waals surface area contributed by atoms with E-state index >= 15 is 0 Å². The van der Waals surface area contributed by atoms with Gasteiger partial charge < -0.3 is 19.9 Å². The number of carboxylic acids is 2. The number of ether oxygens (including phenoxy) is 1. The Balaban J connectivity index is 0.000000180. The molecule has 1 fully saturated rings. The molecule has 0 aliphatic carbocycles. The summed E-state index contributed by atoms with van der Waals surface area (Å²) in [4.78, 5) is 33.2. The van der Waals surface area contributed by atoms with Crippen LogP contribution in [0.1, 0.15) is 28.9 Å². The number of aryl methyl sites for hydroxylation is 1. The molecule has 0 amide bonds. The van der Waals surface area contributed by atoms with E-state index in [1.165, 1.54) is 0 Å². The summed E-state index contributed by atoms with van der Waals surface area (Å²) in [6.45, 7) is 1.75. The van der Waals surface area contributed by atoms with Crippen LogP contribution in [0.5, 0.6) is 0 Å². The zero-order valence-corrected chi connectivity index (χ0v) is 9.67. The van der Waals surface area contributed by atoms with E-state index in [1.54, 1.807) is 19.2 Å². The topological polar surface area (TPSA) is 117 Å². The van der Waals surface area contributed by atoms with Crippen molar-refractivity contribution in [2.45, 2.75) is 25.9 Å². The molecule has 2 rings (SSSR count). The molecule has 2 heterocycles. The number of hydrogen-bond acceptors (Lipinski definition) is 4. The van der Waals surface area contributed by atoms with Crippen LogP contribution < -0.4 is 0 Å². The lowest BCUT2D eigenvalue weighted by Crippen LogP contribution is -2.18. The van der Waals surface area contributed by atoms with Crippen LogP contribution in [0.3, 0.4) is 0 Å². The van der Waals surface area contributed by atoms with Crippen molar-refractivity contribution in [3.8, 4) is 0 Å². The van der Waals surface area contributed by atoms with Crippen LogP contribution >= 0.6 is 0 Å². The second-order valence-electron chi connectivity index (χ2n) is 3.70. The highest BCUT2D eigenvalue weighted by molar-refractivity contribution is 5.87. The van der Waals surface area contributed by atoms with E-state index in [4.69, 9.17) is 10.2 Å². The Labute approximate surface area is 102 Å². The summed E-state index contributed by atoms with van der Waals surface area (Å²) >= 11 is 0. The molecule has 98 valence electrons. The van der Waals surface area contributed by atoms with Crippen LogP contribution in [-0.4, -0.2) is 39.2 Å². The van der Waals surface area contributed by atoms with E-state index in [2.05, 4.69) is 9.72 Å². The first-order valence-electron chi connectivity index (χ1n) is 5.21. The van der Waals surface area contributed by atoms with Crippen molar-refractivity contribution in [1.29, 1.82) is 0 Å². The van der Waals surface area contributed by atoms with Crippen LogP contribution in [0.15, 0.2) is 12.3 Å². The summed E-state index contributed by atoms with van der Waals surface area (Å²) in [5.41, 5.74) is 1.04. The largest absolute Gasteiger partial charge is 0.479 e. The highest BCUT2D eigenvalue weighted by atomic mass is 16.6. The van der Waals surface area contributed by atoms with E-state index in [0.717, 1.165) is 5.56 Å². The fraction of sp³-hybridized carbons (Fsp3) is 0.364. The molecule has 1 aromatic heterocycles. The van der Waals surface area contributed by atoms with Crippen LogP contribution in [0.25, 0.3) is 0 Å². The van der Waals surface area contributed by atoms with Gasteiger partial charge in [0.05, 0.1) is 0 Å². The van der Waals surface area contributed by atoms with Gasteiger partial charge in [-0.15, -0.1) is 0 Å². The minimum absolute atomic E-state index is 0.233. The van der Waals surface area contributed by atoms with Gasteiger partial charge in [-0.25, -0.2) is 9.59 Å². The first-order valence-corrected chi connectivity index (χ1v) is 5.21. The molecule has 0 aromatic carbocycles. The fourth-order valence-corrected chi connectivity index (χ4v) is 1.38. The van der Waals surface area contributed by atoms with E-state index in [1.807, 2.05) is 0 Å². The SMILES string of the molecule is Cc1cc[nH]c1C(=O)O.O=C1CC[C@@H](C(=O)O)O1. The molecule has 1 aromatic rings. The quantitative estimate of drug-likeness (QED) is 0.673. The van der Waals surface area contributed by atoms with Crippen molar-refractivity contribution < 1.29 is 29.3 Å². The molecule has 1 atom stereocenters. The smallest absolute Gasteiger partial charge is 0.352 e. The fourth-order valence-electron chi connectivity index (χ4n) is 1.38. The molecule has 0 saturated carbocycles. The predicted octanol–water partition coefficient (Wildman–Crippen LogP) is 0.798. The van der Waals surface area contributed by atoms with Crippen molar-refractivity contribution in [2.75, 3.05) is 0 Å². The predicted molar refractivity (Wildman–Crippen MR) is 59.2 cm³/mol. The third-order valence-corrected chi connectivity index (χ3v) is 2.33. The number of cyclic esters (lactones) is 1. The number of aromatic carboxylic acids is 1.